The molecule has 0 spiro atoms. The summed E-state index contributed by atoms with van der Waals surface area (Å²) in [7, 11) is 0. The number of ether oxygens (including phenoxy) is 1. The van der Waals surface area contributed by atoms with Crippen LogP contribution in [-0.4, -0.2) is 37.2 Å². The molecule has 1 N–H and O–H groups in total. The van der Waals surface area contributed by atoms with Gasteiger partial charge in [0, 0.05) is 19.6 Å². The Balaban J connectivity index is 1.57. The quantitative estimate of drug-likeness (QED) is 0.840. The Morgan fingerprint density at radius 3 is 2.60 bits per heavy atom. The van der Waals surface area contributed by atoms with Crippen LogP contribution in [-0.2, 0) is 0 Å². The van der Waals surface area contributed by atoms with Crippen LogP contribution in [0.4, 0.5) is 4.79 Å². The van der Waals surface area contributed by atoms with Gasteiger partial charge >= 0.3 is 6.03 Å². The molecule has 1 heterocycles. The SMILES string of the molecule is Cc1ccc(OCCCNC(=O)N2CCCCC2)cc1. The van der Waals surface area contributed by atoms with Gasteiger partial charge in [0.1, 0.15) is 5.75 Å². The standard InChI is InChI=1S/C16H24N2O2/c1-14-6-8-15(9-7-14)20-13-5-10-17-16(19)18-11-3-2-4-12-18/h6-9H,2-5,10-13H2,1H3,(H,17,19). The van der Waals surface area contributed by atoms with Gasteiger partial charge < -0.3 is 15.0 Å². The Morgan fingerprint density at radius 1 is 1.20 bits per heavy atom. The molecule has 4 heteroatoms. The third-order valence-electron chi connectivity index (χ3n) is 3.53. The number of aryl methyl sites for hydroxylation is 1. The predicted octanol–water partition coefficient (Wildman–Crippen LogP) is 2.96. The van der Waals surface area contributed by atoms with Crippen molar-refractivity contribution >= 4 is 6.03 Å². The molecule has 1 aromatic rings. The zero-order valence-electron chi connectivity index (χ0n) is 12.2. The molecule has 2 amide bonds. The molecule has 4 nitrogen and oxygen atoms in total. The fourth-order valence-electron chi connectivity index (χ4n) is 2.30. The van der Waals surface area contributed by atoms with Crippen molar-refractivity contribution in [2.75, 3.05) is 26.2 Å². The highest BCUT2D eigenvalue weighted by Crippen LogP contribution is 2.11. The summed E-state index contributed by atoms with van der Waals surface area (Å²) in [6.07, 6.45) is 4.33. The minimum absolute atomic E-state index is 0.0695. The highest BCUT2D eigenvalue weighted by atomic mass is 16.5. The summed E-state index contributed by atoms with van der Waals surface area (Å²) in [5, 5.41) is 2.95. The highest BCUT2D eigenvalue weighted by molar-refractivity contribution is 5.74. The molecule has 1 saturated heterocycles. The van der Waals surface area contributed by atoms with Crippen molar-refractivity contribution in [2.24, 2.45) is 0 Å². The second-order valence-electron chi connectivity index (χ2n) is 5.29. The maximum atomic E-state index is 11.8. The van der Waals surface area contributed by atoms with E-state index in [0.29, 0.717) is 13.2 Å². The number of hydrogen-bond acceptors (Lipinski definition) is 2. The van der Waals surface area contributed by atoms with E-state index in [1.807, 2.05) is 29.2 Å². The van der Waals surface area contributed by atoms with Gasteiger partial charge in [-0.15, -0.1) is 0 Å². The summed E-state index contributed by atoms with van der Waals surface area (Å²) in [5.41, 5.74) is 1.23. The van der Waals surface area contributed by atoms with Gasteiger partial charge in [-0.05, 0) is 44.7 Å². The van der Waals surface area contributed by atoms with E-state index in [9.17, 15) is 4.79 Å². The van der Waals surface area contributed by atoms with Crippen LogP contribution < -0.4 is 10.1 Å². The maximum Gasteiger partial charge on any atom is 0.317 e. The van der Waals surface area contributed by atoms with Gasteiger partial charge in [0.05, 0.1) is 6.61 Å². The first kappa shape index (κ1) is 14.7. The number of urea groups is 1. The number of piperidine rings is 1. The molecule has 0 aromatic heterocycles. The number of nitrogens with one attached hydrogen (secondary N) is 1. The smallest absolute Gasteiger partial charge is 0.317 e. The monoisotopic (exact) mass is 276 g/mol. The Hall–Kier alpha value is -1.71. The first-order chi connectivity index (χ1) is 9.75. The van der Waals surface area contributed by atoms with Crippen LogP contribution in [0.2, 0.25) is 0 Å². The van der Waals surface area contributed by atoms with E-state index >= 15 is 0 Å². The van der Waals surface area contributed by atoms with E-state index in [1.54, 1.807) is 0 Å². The highest BCUT2D eigenvalue weighted by Gasteiger charge is 2.15. The zero-order chi connectivity index (χ0) is 14.2. The molecule has 1 aromatic carbocycles. The molecule has 1 aliphatic rings. The summed E-state index contributed by atoms with van der Waals surface area (Å²) >= 11 is 0. The molecule has 1 aliphatic heterocycles. The van der Waals surface area contributed by atoms with Gasteiger partial charge in [0.15, 0.2) is 0 Å². The van der Waals surface area contributed by atoms with Gasteiger partial charge in [-0.25, -0.2) is 4.79 Å². The zero-order valence-corrected chi connectivity index (χ0v) is 12.2. The van der Waals surface area contributed by atoms with Crippen molar-refractivity contribution in [3.63, 3.8) is 0 Å². The number of amides is 2. The van der Waals surface area contributed by atoms with Gasteiger partial charge in [-0.2, -0.15) is 0 Å². The summed E-state index contributed by atoms with van der Waals surface area (Å²) in [6, 6.07) is 8.09. The largest absolute Gasteiger partial charge is 0.494 e. The van der Waals surface area contributed by atoms with Crippen molar-refractivity contribution in [1.82, 2.24) is 10.2 Å². The Morgan fingerprint density at radius 2 is 1.90 bits per heavy atom. The molecule has 0 bridgehead atoms. The second kappa shape index (κ2) is 7.78. The van der Waals surface area contributed by atoms with Gasteiger partial charge in [-0.1, -0.05) is 17.7 Å². The van der Waals surface area contributed by atoms with Crippen LogP contribution in [0.15, 0.2) is 24.3 Å². The number of carbonyl (C=O) groups is 1. The molecule has 0 atom stereocenters. The van der Waals surface area contributed by atoms with Crippen molar-refractivity contribution in [2.45, 2.75) is 32.6 Å². The predicted molar refractivity (Wildman–Crippen MR) is 80.1 cm³/mol. The van der Waals surface area contributed by atoms with Crippen LogP contribution in [0.3, 0.4) is 0 Å². The topological polar surface area (TPSA) is 41.6 Å². The summed E-state index contributed by atoms with van der Waals surface area (Å²) in [4.78, 5) is 13.7. The fourth-order valence-corrected chi connectivity index (χ4v) is 2.30. The molecule has 0 radical (unpaired) electrons. The number of benzene rings is 1. The second-order valence-corrected chi connectivity index (χ2v) is 5.29. The molecular weight excluding hydrogens is 252 g/mol. The first-order valence-corrected chi connectivity index (χ1v) is 7.48. The van der Waals surface area contributed by atoms with Gasteiger partial charge in [-0.3, -0.25) is 0 Å². The van der Waals surface area contributed by atoms with Crippen molar-refractivity contribution in [3.8, 4) is 5.75 Å². The summed E-state index contributed by atoms with van der Waals surface area (Å²) in [6.45, 7) is 5.14. The van der Waals surface area contributed by atoms with E-state index in [4.69, 9.17) is 4.74 Å². The van der Waals surface area contributed by atoms with Crippen LogP contribution in [0.1, 0.15) is 31.2 Å². The molecule has 0 unspecified atom stereocenters. The normalized spacial score (nSPS) is 14.9. The van der Waals surface area contributed by atoms with E-state index in [2.05, 4.69) is 12.2 Å². The third kappa shape index (κ3) is 4.76. The molecule has 0 aliphatic carbocycles. The number of rotatable bonds is 5. The summed E-state index contributed by atoms with van der Waals surface area (Å²) in [5.74, 6) is 0.887. The van der Waals surface area contributed by atoms with E-state index < -0.39 is 0 Å². The minimum atomic E-state index is 0.0695. The fraction of sp³-hybridized carbons (Fsp3) is 0.562. The van der Waals surface area contributed by atoms with Crippen LogP contribution in [0.5, 0.6) is 5.75 Å². The van der Waals surface area contributed by atoms with Crippen molar-refractivity contribution in [3.05, 3.63) is 29.8 Å². The molecule has 110 valence electrons. The van der Waals surface area contributed by atoms with Gasteiger partial charge in [0.25, 0.3) is 0 Å². The van der Waals surface area contributed by atoms with E-state index in [1.165, 1.54) is 12.0 Å². The van der Waals surface area contributed by atoms with Crippen LogP contribution >= 0.6 is 0 Å². The minimum Gasteiger partial charge on any atom is -0.494 e. The molecular formula is C16H24N2O2. The lowest BCUT2D eigenvalue weighted by atomic mass is 10.1. The van der Waals surface area contributed by atoms with Crippen LogP contribution in [0, 0.1) is 6.92 Å². The average molecular weight is 276 g/mol. The molecule has 2 rings (SSSR count). The lowest BCUT2D eigenvalue weighted by Gasteiger charge is -2.26. The maximum absolute atomic E-state index is 11.8. The first-order valence-electron chi connectivity index (χ1n) is 7.48. The van der Waals surface area contributed by atoms with Crippen molar-refractivity contribution < 1.29 is 9.53 Å². The number of nitrogens with zero attached hydrogens (tertiary/aromatic N) is 1. The number of likely N-dealkylation sites (tertiary alicyclic amines) is 1. The lowest BCUT2D eigenvalue weighted by molar-refractivity contribution is 0.185. The Labute approximate surface area is 121 Å². The number of carbonyl (C=O) groups excluding carboxylic acids is 1. The lowest BCUT2D eigenvalue weighted by Crippen LogP contribution is -2.43. The van der Waals surface area contributed by atoms with Crippen molar-refractivity contribution in [1.29, 1.82) is 0 Å². The van der Waals surface area contributed by atoms with E-state index in [-0.39, 0.29) is 6.03 Å². The number of hydrogen-bond donors (Lipinski definition) is 1. The Kier molecular flexibility index (Phi) is 5.71. The van der Waals surface area contributed by atoms with E-state index in [0.717, 1.165) is 38.1 Å². The average Bonchev–Trinajstić information content (AvgIpc) is 2.49. The molecule has 0 saturated carbocycles. The molecule has 1 fully saturated rings. The third-order valence-corrected chi connectivity index (χ3v) is 3.53. The van der Waals surface area contributed by atoms with Gasteiger partial charge in [0.2, 0.25) is 0 Å². The summed E-state index contributed by atoms with van der Waals surface area (Å²) < 4.78 is 5.62. The van der Waals surface area contributed by atoms with Crippen LogP contribution in [0.25, 0.3) is 0 Å². The molecule has 20 heavy (non-hydrogen) atoms. The Bertz CT molecular complexity index is 411.